The van der Waals surface area contributed by atoms with Crippen molar-refractivity contribution in [2.45, 2.75) is 12.7 Å². The van der Waals surface area contributed by atoms with E-state index in [9.17, 15) is 4.79 Å². The fraction of sp³-hybridized carbons (Fsp3) is 0.154. The third-order valence-electron chi connectivity index (χ3n) is 5.10. The topological polar surface area (TPSA) is 107 Å². The second-order valence-corrected chi connectivity index (χ2v) is 8.65. The van der Waals surface area contributed by atoms with Crippen LogP contribution in [0.25, 0.3) is 10.1 Å². The van der Waals surface area contributed by atoms with Crippen molar-refractivity contribution in [3.05, 3.63) is 94.9 Å². The van der Waals surface area contributed by atoms with E-state index in [1.54, 1.807) is 19.2 Å². The van der Waals surface area contributed by atoms with E-state index in [0.717, 1.165) is 21.2 Å². The Labute approximate surface area is 201 Å². The zero-order valence-corrected chi connectivity index (χ0v) is 19.4. The average Bonchev–Trinajstić information content (AvgIpc) is 3.29. The molecule has 0 saturated heterocycles. The van der Waals surface area contributed by atoms with E-state index in [1.807, 2.05) is 66.7 Å². The number of ether oxygens (including phenoxy) is 3. The first kappa shape index (κ1) is 23.3. The van der Waals surface area contributed by atoms with Gasteiger partial charge in [-0.25, -0.2) is 4.79 Å². The van der Waals surface area contributed by atoms with Crippen LogP contribution in [0.4, 0.5) is 10.5 Å². The molecule has 1 unspecified atom stereocenters. The van der Waals surface area contributed by atoms with Gasteiger partial charge < -0.3 is 19.9 Å². The van der Waals surface area contributed by atoms with Gasteiger partial charge in [0.15, 0.2) is 6.10 Å². The first-order valence-electron chi connectivity index (χ1n) is 10.6. The lowest BCUT2D eigenvalue weighted by Gasteiger charge is -2.20. The molecule has 1 aromatic heterocycles. The van der Waals surface area contributed by atoms with E-state index in [2.05, 4.69) is 5.32 Å². The van der Waals surface area contributed by atoms with Crippen LogP contribution < -0.4 is 15.8 Å². The van der Waals surface area contributed by atoms with E-state index in [-0.39, 0.29) is 12.4 Å². The molecule has 4 N–H and O–H groups in total. The average molecular weight is 476 g/mol. The number of amides is 1. The van der Waals surface area contributed by atoms with Crippen molar-refractivity contribution in [3.8, 4) is 5.75 Å². The highest BCUT2D eigenvalue weighted by Crippen LogP contribution is 2.35. The number of nitrogens with two attached hydrogens (primary N) is 1. The Balaban J connectivity index is 1.48. The highest BCUT2D eigenvalue weighted by molar-refractivity contribution is 7.20. The van der Waals surface area contributed by atoms with Crippen molar-refractivity contribution < 1.29 is 19.0 Å². The molecule has 0 radical (unpaired) electrons. The van der Waals surface area contributed by atoms with Crippen LogP contribution >= 0.6 is 11.3 Å². The maximum atomic E-state index is 12.5. The van der Waals surface area contributed by atoms with Crippen LogP contribution in [0, 0.1) is 5.41 Å². The third-order valence-corrected chi connectivity index (χ3v) is 6.24. The molecule has 3 aromatic carbocycles. The maximum absolute atomic E-state index is 12.5. The number of carbonyl (C=O) groups is 1. The lowest BCUT2D eigenvalue weighted by molar-refractivity contribution is 0.0910. The van der Waals surface area contributed by atoms with Crippen LogP contribution in [0.2, 0.25) is 0 Å². The number of anilines is 1. The van der Waals surface area contributed by atoms with Crippen LogP contribution in [0.3, 0.4) is 0 Å². The Morgan fingerprint density at radius 3 is 2.53 bits per heavy atom. The van der Waals surface area contributed by atoms with Gasteiger partial charge in [-0.15, -0.1) is 11.3 Å². The van der Waals surface area contributed by atoms with Gasteiger partial charge in [-0.1, -0.05) is 48.5 Å². The van der Waals surface area contributed by atoms with Gasteiger partial charge in [-0.3, -0.25) is 10.7 Å². The summed E-state index contributed by atoms with van der Waals surface area (Å²) in [6.45, 7) is 0.517. The van der Waals surface area contributed by atoms with Gasteiger partial charge >= 0.3 is 6.09 Å². The minimum Gasteiger partial charge on any atom is -0.481 e. The van der Waals surface area contributed by atoms with Gasteiger partial charge in [0.25, 0.3) is 0 Å². The normalized spacial score (nSPS) is 11.7. The number of fused-ring (bicyclic) bond motifs is 1. The van der Waals surface area contributed by atoms with Crippen LogP contribution in [-0.4, -0.2) is 25.6 Å². The molecule has 7 nitrogen and oxygen atoms in total. The fourth-order valence-corrected chi connectivity index (χ4v) is 4.38. The minimum atomic E-state index is -0.573. The summed E-state index contributed by atoms with van der Waals surface area (Å²) in [4.78, 5) is 13.1. The first-order valence-corrected chi connectivity index (χ1v) is 11.5. The molecule has 0 fully saturated rings. The molecule has 8 heteroatoms. The predicted molar refractivity (Wildman–Crippen MR) is 135 cm³/mol. The monoisotopic (exact) mass is 475 g/mol. The molecule has 34 heavy (non-hydrogen) atoms. The van der Waals surface area contributed by atoms with Crippen LogP contribution in [0.15, 0.2) is 78.9 Å². The number of nitrogen functional groups attached to an aromatic ring is 1. The highest BCUT2D eigenvalue weighted by Gasteiger charge is 2.19. The third kappa shape index (κ3) is 5.72. The Morgan fingerprint density at radius 1 is 1.06 bits per heavy atom. The van der Waals surface area contributed by atoms with Crippen molar-refractivity contribution in [2.75, 3.05) is 19.0 Å². The number of hydrogen-bond donors (Lipinski definition) is 3. The summed E-state index contributed by atoms with van der Waals surface area (Å²) < 4.78 is 17.9. The molecule has 1 amide bonds. The molecule has 0 spiro atoms. The van der Waals surface area contributed by atoms with Crippen molar-refractivity contribution in [1.82, 2.24) is 0 Å². The van der Waals surface area contributed by atoms with Gasteiger partial charge in [-0.05, 0) is 41.5 Å². The molecule has 174 valence electrons. The fourth-order valence-electron chi connectivity index (χ4n) is 3.45. The van der Waals surface area contributed by atoms with E-state index >= 15 is 0 Å². The smallest absolute Gasteiger partial charge is 0.411 e. The number of methoxy groups -OCH3 is 1. The lowest BCUT2D eigenvalue weighted by atomic mass is 10.1. The molecular weight excluding hydrogens is 450 g/mol. The van der Waals surface area contributed by atoms with Gasteiger partial charge in [0.1, 0.15) is 18.2 Å². The number of benzene rings is 3. The van der Waals surface area contributed by atoms with Crippen molar-refractivity contribution in [3.63, 3.8) is 0 Å². The van der Waals surface area contributed by atoms with Crippen LogP contribution in [0.1, 0.15) is 22.1 Å². The molecule has 4 rings (SSSR count). The largest absolute Gasteiger partial charge is 0.481 e. The van der Waals surface area contributed by atoms with Crippen molar-refractivity contribution in [1.29, 1.82) is 5.41 Å². The highest BCUT2D eigenvalue weighted by atomic mass is 32.1. The van der Waals surface area contributed by atoms with Gasteiger partial charge in [-0.2, -0.15) is 0 Å². The Kier molecular flexibility index (Phi) is 7.41. The quantitative estimate of drug-likeness (QED) is 0.213. The summed E-state index contributed by atoms with van der Waals surface area (Å²) in [5.41, 5.74) is 8.18. The second kappa shape index (κ2) is 10.8. The number of hydrogen-bond acceptors (Lipinski definition) is 6. The van der Waals surface area contributed by atoms with Crippen molar-refractivity contribution >= 4 is 39.0 Å². The first-order chi connectivity index (χ1) is 16.5. The molecule has 1 heterocycles. The molecule has 0 aliphatic heterocycles. The Morgan fingerprint density at radius 2 is 1.82 bits per heavy atom. The Hall–Kier alpha value is -3.88. The van der Waals surface area contributed by atoms with Gasteiger partial charge in [0, 0.05) is 22.9 Å². The zero-order valence-electron chi connectivity index (χ0n) is 18.6. The lowest BCUT2D eigenvalue weighted by Crippen LogP contribution is -2.21. The SMILES string of the molecule is COCc1ccc(NC(=O)OCC(Oc2cccc3sc(C(=N)N)cc23)c2ccccc2)cc1. The zero-order chi connectivity index (χ0) is 23.9. The van der Waals surface area contributed by atoms with E-state index in [1.165, 1.54) is 11.3 Å². The molecular formula is C26H25N3O4S. The molecule has 0 saturated carbocycles. The summed E-state index contributed by atoms with van der Waals surface area (Å²) in [6, 6.07) is 24.5. The Bertz CT molecular complexity index is 1270. The number of nitrogens with one attached hydrogen (secondary N) is 2. The van der Waals surface area contributed by atoms with Gasteiger partial charge in [0.05, 0.1) is 11.5 Å². The van der Waals surface area contributed by atoms with Gasteiger partial charge in [0.2, 0.25) is 0 Å². The summed E-state index contributed by atoms with van der Waals surface area (Å²) >= 11 is 1.43. The molecule has 4 aromatic rings. The molecule has 1 atom stereocenters. The summed E-state index contributed by atoms with van der Waals surface area (Å²) in [6.07, 6.45) is -1.10. The van der Waals surface area contributed by atoms with E-state index in [4.69, 9.17) is 25.4 Å². The van der Waals surface area contributed by atoms with Crippen LogP contribution in [0.5, 0.6) is 5.75 Å². The number of carbonyl (C=O) groups excluding carboxylic acids is 1. The number of thiophene rings is 1. The summed E-state index contributed by atoms with van der Waals surface area (Å²) in [5.74, 6) is 0.648. The van der Waals surface area contributed by atoms with E-state index < -0.39 is 12.2 Å². The van der Waals surface area contributed by atoms with Crippen LogP contribution in [-0.2, 0) is 16.1 Å². The van der Waals surface area contributed by atoms with Crippen molar-refractivity contribution in [2.24, 2.45) is 5.73 Å². The summed E-state index contributed by atoms with van der Waals surface area (Å²) in [7, 11) is 1.63. The predicted octanol–water partition coefficient (Wildman–Crippen LogP) is 5.70. The molecule has 0 aliphatic carbocycles. The number of amidine groups is 1. The standard InChI is InChI=1S/C26H25N3O4S/c1-31-15-17-10-12-19(13-11-17)29-26(30)32-16-22(18-6-3-2-4-7-18)33-21-8-5-9-23-20(21)14-24(34-23)25(27)28/h2-14,22H,15-16H2,1H3,(H3,27,28)(H,29,30). The maximum Gasteiger partial charge on any atom is 0.411 e. The summed E-state index contributed by atoms with van der Waals surface area (Å²) in [5, 5.41) is 11.3. The van der Waals surface area contributed by atoms with E-state index in [0.29, 0.717) is 22.9 Å². The molecule has 0 bridgehead atoms. The number of rotatable bonds is 9. The minimum absolute atomic E-state index is 0.0116. The second-order valence-electron chi connectivity index (χ2n) is 7.56. The molecule has 0 aliphatic rings.